The van der Waals surface area contributed by atoms with Gasteiger partial charge in [-0.1, -0.05) is 17.7 Å². The third-order valence-electron chi connectivity index (χ3n) is 2.30. The minimum Gasteiger partial charge on any atom is -0.359 e. The van der Waals surface area contributed by atoms with Crippen molar-refractivity contribution in [3.63, 3.8) is 0 Å². The Morgan fingerprint density at radius 2 is 2.12 bits per heavy atom. The van der Waals surface area contributed by atoms with Gasteiger partial charge in [0.25, 0.3) is 0 Å². The summed E-state index contributed by atoms with van der Waals surface area (Å²) in [5, 5.41) is 0.278. The Kier molecular flexibility index (Phi) is 3.06. The summed E-state index contributed by atoms with van der Waals surface area (Å²) in [5.74, 6) is -0.635. The van der Waals surface area contributed by atoms with Crippen LogP contribution in [0.5, 0.6) is 0 Å². The third kappa shape index (κ3) is 2.14. The number of hydrogen-bond donors (Lipinski definition) is 1. The lowest BCUT2D eigenvalue weighted by atomic mass is 10.1. The van der Waals surface area contributed by atoms with Gasteiger partial charge in [-0.2, -0.15) is 0 Å². The number of halogens is 2. The summed E-state index contributed by atoms with van der Waals surface area (Å²) in [6.45, 7) is 0. The first-order chi connectivity index (χ1) is 7.68. The van der Waals surface area contributed by atoms with Crippen LogP contribution >= 0.6 is 11.6 Å². The number of Topliss-reactive ketones (excluding diaryl/α,β-unsaturated/α-hetero) is 1. The number of aromatic amines is 1. The van der Waals surface area contributed by atoms with Crippen LogP contribution in [0.1, 0.15) is 16.1 Å². The van der Waals surface area contributed by atoms with E-state index in [2.05, 4.69) is 4.98 Å². The highest BCUT2D eigenvalue weighted by Crippen LogP contribution is 2.20. The minimum absolute atomic E-state index is 0.0357. The van der Waals surface area contributed by atoms with Crippen molar-refractivity contribution in [2.24, 2.45) is 0 Å². The third-order valence-corrected chi connectivity index (χ3v) is 2.65. The molecule has 0 aliphatic rings. The molecule has 1 N–H and O–H groups in total. The molecule has 0 amide bonds. The Morgan fingerprint density at radius 1 is 1.31 bits per heavy atom. The molecule has 82 valence electrons. The zero-order valence-electron chi connectivity index (χ0n) is 8.34. The first-order valence-corrected chi connectivity index (χ1v) is 5.16. The Labute approximate surface area is 97.1 Å². The van der Waals surface area contributed by atoms with Crippen LogP contribution in [0.15, 0.2) is 36.5 Å². The van der Waals surface area contributed by atoms with E-state index in [-0.39, 0.29) is 22.8 Å². The highest BCUT2D eigenvalue weighted by molar-refractivity contribution is 6.31. The van der Waals surface area contributed by atoms with E-state index in [0.717, 1.165) is 0 Å². The fraction of sp³-hybridized carbons (Fsp3) is 0.0833. The topological polar surface area (TPSA) is 32.9 Å². The number of rotatable bonds is 3. The predicted octanol–water partition coefficient (Wildman–Crippen LogP) is 3.23. The average molecular weight is 238 g/mol. The molecule has 1 heterocycles. The smallest absolute Gasteiger partial charge is 0.183 e. The van der Waals surface area contributed by atoms with Crippen molar-refractivity contribution in [2.75, 3.05) is 0 Å². The van der Waals surface area contributed by atoms with Gasteiger partial charge in [0.1, 0.15) is 5.82 Å². The maximum Gasteiger partial charge on any atom is 0.183 e. The molecule has 0 aliphatic carbocycles. The molecule has 0 unspecified atom stereocenters. The number of aromatic nitrogens is 1. The molecule has 16 heavy (non-hydrogen) atoms. The molecule has 0 radical (unpaired) electrons. The van der Waals surface area contributed by atoms with Crippen LogP contribution < -0.4 is 0 Å². The van der Waals surface area contributed by atoms with E-state index >= 15 is 0 Å². The second kappa shape index (κ2) is 4.49. The van der Waals surface area contributed by atoms with Gasteiger partial charge in [0, 0.05) is 23.2 Å². The predicted molar refractivity (Wildman–Crippen MR) is 60.2 cm³/mol. The molecule has 0 spiro atoms. The van der Waals surface area contributed by atoms with Crippen molar-refractivity contribution in [3.8, 4) is 0 Å². The van der Waals surface area contributed by atoms with E-state index in [9.17, 15) is 9.18 Å². The first-order valence-electron chi connectivity index (χ1n) is 4.78. The molecular formula is C12H9ClFNO. The molecule has 0 fully saturated rings. The first kappa shape index (κ1) is 10.9. The van der Waals surface area contributed by atoms with E-state index in [1.807, 2.05) is 0 Å². The van der Waals surface area contributed by atoms with Crippen LogP contribution in [0.3, 0.4) is 0 Å². The SMILES string of the molecule is O=C(Cc1c(F)cccc1Cl)c1ccc[nH]1. The lowest BCUT2D eigenvalue weighted by Gasteiger charge is -2.03. The van der Waals surface area contributed by atoms with Gasteiger partial charge in [-0.05, 0) is 24.3 Å². The number of ketones is 1. The van der Waals surface area contributed by atoms with Gasteiger partial charge in [0.2, 0.25) is 0 Å². The van der Waals surface area contributed by atoms with Crippen LogP contribution in [0.2, 0.25) is 5.02 Å². The molecular weight excluding hydrogens is 229 g/mol. The van der Waals surface area contributed by atoms with Crippen LogP contribution in [0.25, 0.3) is 0 Å². The van der Waals surface area contributed by atoms with Crippen LogP contribution in [-0.2, 0) is 6.42 Å². The average Bonchev–Trinajstić information content (AvgIpc) is 2.76. The normalized spacial score (nSPS) is 10.4. The van der Waals surface area contributed by atoms with Crippen molar-refractivity contribution in [3.05, 3.63) is 58.6 Å². The van der Waals surface area contributed by atoms with Gasteiger partial charge in [-0.3, -0.25) is 4.79 Å². The largest absolute Gasteiger partial charge is 0.359 e. The van der Waals surface area contributed by atoms with E-state index in [1.54, 1.807) is 24.4 Å². The molecule has 0 bridgehead atoms. The molecule has 4 heteroatoms. The van der Waals surface area contributed by atoms with Gasteiger partial charge < -0.3 is 4.98 Å². The molecule has 0 aliphatic heterocycles. The summed E-state index contributed by atoms with van der Waals surface area (Å²) in [6.07, 6.45) is 1.61. The van der Waals surface area contributed by atoms with Gasteiger partial charge in [0.05, 0.1) is 5.69 Å². The van der Waals surface area contributed by atoms with Gasteiger partial charge >= 0.3 is 0 Å². The Bertz CT molecular complexity index is 487. The van der Waals surface area contributed by atoms with Crippen LogP contribution in [0, 0.1) is 5.82 Å². The Hall–Kier alpha value is -1.61. The van der Waals surface area contributed by atoms with E-state index in [0.29, 0.717) is 5.69 Å². The molecule has 1 aromatic carbocycles. The summed E-state index contributed by atoms with van der Waals surface area (Å²) in [5.41, 5.74) is 0.697. The highest BCUT2D eigenvalue weighted by Gasteiger charge is 2.13. The Morgan fingerprint density at radius 3 is 2.75 bits per heavy atom. The second-order valence-corrected chi connectivity index (χ2v) is 3.79. The second-order valence-electron chi connectivity index (χ2n) is 3.38. The standard InChI is InChI=1S/C12H9ClFNO/c13-9-3-1-4-10(14)8(9)7-12(16)11-5-2-6-15-11/h1-6,15H,7H2. The number of H-pyrrole nitrogens is 1. The summed E-state index contributed by atoms with van der Waals surface area (Å²) >= 11 is 5.83. The highest BCUT2D eigenvalue weighted by atomic mass is 35.5. The fourth-order valence-electron chi connectivity index (χ4n) is 1.46. The molecule has 2 rings (SSSR count). The number of carbonyl (C=O) groups excluding carboxylic acids is 1. The molecule has 2 nitrogen and oxygen atoms in total. The molecule has 1 aromatic heterocycles. The Balaban J connectivity index is 2.25. The number of carbonyl (C=O) groups is 1. The van der Waals surface area contributed by atoms with Gasteiger partial charge in [-0.25, -0.2) is 4.39 Å². The van der Waals surface area contributed by atoms with Crippen molar-refractivity contribution < 1.29 is 9.18 Å². The summed E-state index contributed by atoms with van der Waals surface area (Å²) in [6, 6.07) is 7.75. The lowest BCUT2D eigenvalue weighted by Crippen LogP contribution is -2.06. The zero-order chi connectivity index (χ0) is 11.5. The summed E-state index contributed by atoms with van der Waals surface area (Å²) in [4.78, 5) is 14.5. The summed E-state index contributed by atoms with van der Waals surface area (Å²) < 4.78 is 13.4. The number of hydrogen-bond acceptors (Lipinski definition) is 1. The molecule has 0 saturated heterocycles. The molecule has 2 aromatic rings. The van der Waals surface area contributed by atoms with Crippen molar-refractivity contribution in [1.82, 2.24) is 4.98 Å². The minimum atomic E-state index is -0.451. The number of benzene rings is 1. The van der Waals surface area contributed by atoms with E-state index in [4.69, 9.17) is 11.6 Å². The molecule has 0 saturated carbocycles. The number of nitrogens with one attached hydrogen (secondary N) is 1. The van der Waals surface area contributed by atoms with Gasteiger partial charge in [0.15, 0.2) is 5.78 Å². The monoisotopic (exact) mass is 237 g/mol. The van der Waals surface area contributed by atoms with E-state index in [1.165, 1.54) is 12.1 Å². The van der Waals surface area contributed by atoms with Crippen molar-refractivity contribution in [1.29, 1.82) is 0 Å². The van der Waals surface area contributed by atoms with Gasteiger partial charge in [-0.15, -0.1) is 0 Å². The maximum atomic E-state index is 13.4. The quantitative estimate of drug-likeness (QED) is 0.817. The zero-order valence-corrected chi connectivity index (χ0v) is 9.09. The van der Waals surface area contributed by atoms with Crippen LogP contribution in [0.4, 0.5) is 4.39 Å². The van der Waals surface area contributed by atoms with Crippen molar-refractivity contribution in [2.45, 2.75) is 6.42 Å². The lowest BCUT2D eigenvalue weighted by molar-refractivity contribution is 0.0987. The fourth-order valence-corrected chi connectivity index (χ4v) is 1.69. The van der Waals surface area contributed by atoms with Crippen molar-refractivity contribution >= 4 is 17.4 Å². The summed E-state index contributed by atoms with van der Waals surface area (Å²) in [7, 11) is 0. The van der Waals surface area contributed by atoms with E-state index < -0.39 is 5.82 Å². The molecule has 0 atom stereocenters. The van der Waals surface area contributed by atoms with Crippen LogP contribution in [-0.4, -0.2) is 10.8 Å². The maximum absolute atomic E-state index is 13.4.